The van der Waals surface area contributed by atoms with E-state index in [1.54, 1.807) is 0 Å². The molecule has 0 saturated heterocycles. The Morgan fingerprint density at radius 2 is 1.73 bits per heavy atom. The van der Waals surface area contributed by atoms with Crippen LogP contribution in [0.15, 0.2) is 0 Å². The summed E-state index contributed by atoms with van der Waals surface area (Å²) < 4.78 is 5.29. The van der Waals surface area contributed by atoms with Crippen LogP contribution < -0.4 is 0 Å². The van der Waals surface area contributed by atoms with Crippen LogP contribution in [0.1, 0.15) is 27.7 Å². The van der Waals surface area contributed by atoms with Crippen molar-refractivity contribution < 1.29 is 28.9 Å². The van der Waals surface area contributed by atoms with Crippen LogP contribution in [0.3, 0.4) is 0 Å². The predicted molar refractivity (Wildman–Crippen MR) is 72.0 cm³/mol. The van der Waals surface area contributed by atoms with Gasteiger partial charge in [-0.2, -0.15) is 0 Å². The molecule has 0 aliphatic rings. The number of rotatable bonds is 6. The van der Waals surface area contributed by atoms with Crippen molar-refractivity contribution >= 4 is 42.4 Å². The maximum atomic E-state index is 9.68. The summed E-state index contributed by atoms with van der Waals surface area (Å²) in [5.74, 6) is 1.84. The second-order valence-electron chi connectivity index (χ2n) is 3.85. The van der Waals surface area contributed by atoms with E-state index in [9.17, 15) is 4.89 Å². The van der Waals surface area contributed by atoms with Crippen molar-refractivity contribution in [2.45, 2.75) is 27.7 Å². The summed E-state index contributed by atoms with van der Waals surface area (Å²) in [4.78, 5) is 9.68. The van der Waals surface area contributed by atoms with Crippen molar-refractivity contribution in [3.05, 3.63) is 0 Å². The molecule has 0 heterocycles. The minimum Gasteiger partial charge on any atom is -2.00 e. The van der Waals surface area contributed by atoms with Gasteiger partial charge in [0.25, 0.3) is 0 Å². The van der Waals surface area contributed by atoms with Crippen LogP contribution in [0.25, 0.3) is 0 Å². The van der Waals surface area contributed by atoms with Gasteiger partial charge in [0.1, 0.15) is 0 Å². The first-order chi connectivity index (χ1) is 5.83. The van der Waals surface area contributed by atoms with Gasteiger partial charge in [-0.3, -0.25) is 0 Å². The van der Waals surface area contributed by atoms with Gasteiger partial charge in [-0.05, 0) is 23.6 Å². The Morgan fingerprint density at radius 3 is 2.07 bits per heavy atom. The molecule has 2 nitrogen and oxygen atoms in total. The van der Waals surface area contributed by atoms with Crippen LogP contribution >= 0.6 is 17.1 Å². The Balaban J connectivity index is -0.000000720. The van der Waals surface area contributed by atoms with Crippen LogP contribution in [0.4, 0.5) is 0 Å². The summed E-state index contributed by atoms with van der Waals surface area (Å²) in [6, 6.07) is 0. The molecule has 0 spiro atoms. The second kappa shape index (κ2) is 11.0. The standard InChI is InChI=1S/C8H19O2PS2.S.Zn/c1-7(2)5-10-11(9,12)13-6-8(3)4;;/h7-8H,5-6H2,1-4H3,(H,9,12);;/q;-2;+2. The van der Waals surface area contributed by atoms with E-state index in [2.05, 4.69) is 13.8 Å². The molecule has 0 aromatic heterocycles. The van der Waals surface area contributed by atoms with Crippen LogP contribution in [0.5, 0.6) is 0 Å². The Labute approximate surface area is 122 Å². The van der Waals surface area contributed by atoms with E-state index < -0.39 is 5.69 Å². The van der Waals surface area contributed by atoms with Gasteiger partial charge in [0.15, 0.2) is 0 Å². The molecule has 88 valence electrons. The molecule has 0 bridgehead atoms. The summed E-state index contributed by atoms with van der Waals surface area (Å²) in [5, 5.41) is 0. The van der Waals surface area contributed by atoms with E-state index in [0.29, 0.717) is 18.4 Å². The van der Waals surface area contributed by atoms with Gasteiger partial charge in [0.2, 0.25) is 5.69 Å². The summed E-state index contributed by atoms with van der Waals surface area (Å²) in [6.07, 6.45) is 0. The Kier molecular flexibility index (Phi) is 16.2. The smallest absolute Gasteiger partial charge is 2.00 e. The Hall–Kier alpha value is 1.89. The summed E-state index contributed by atoms with van der Waals surface area (Å²) in [5.41, 5.74) is -2.55. The molecule has 0 fully saturated rings. The average Bonchev–Trinajstić information content (AvgIpc) is 1.98. The van der Waals surface area contributed by atoms with Gasteiger partial charge in [-0.25, -0.2) is 0 Å². The van der Waals surface area contributed by atoms with E-state index >= 15 is 0 Å². The molecular formula is C8H19O2PS3Zn. The maximum Gasteiger partial charge on any atom is 2.00 e. The normalized spacial score (nSPS) is 14.3. The van der Waals surface area contributed by atoms with E-state index in [1.165, 1.54) is 11.4 Å². The van der Waals surface area contributed by atoms with Gasteiger partial charge in [0.05, 0.1) is 6.61 Å². The molecule has 1 unspecified atom stereocenters. The fourth-order valence-electron chi connectivity index (χ4n) is 0.524. The van der Waals surface area contributed by atoms with Crippen LogP contribution in [-0.2, 0) is 49.3 Å². The van der Waals surface area contributed by atoms with E-state index in [1.807, 2.05) is 13.8 Å². The van der Waals surface area contributed by atoms with Gasteiger partial charge in [0, 0.05) is 5.75 Å². The van der Waals surface area contributed by atoms with Crippen molar-refractivity contribution in [1.29, 1.82) is 0 Å². The molecule has 0 aliphatic carbocycles. The molecule has 7 heteroatoms. The molecule has 0 radical (unpaired) electrons. The summed E-state index contributed by atoms with van der Waals surface area (Å²) in [6.45, 7) is 8.85. The fraction of sp³-hybridized carbons (Fsp3) is 1.00. The van der Waals surface area contributed by atoms with Gasteiger partial charge >= 0.3 is 19.5 Å². The van der Waals surface area contributed by atoms with Crippen molar-refractivity contribution in [3.63, 3.8) is 0 Å². The number of hydrogen-bond acceptors (Lipinski definition) is 3. The second-order valence-corrected chi connectivity index (χ2v) is 10.1. The van der Waals surface area contributed by atoms with Crippen molar-refractivity contribution in [2.24, 2.45) is 11.8 Å². The first-order valence-corrected chi connectivity index (χ1v) is 8.71. The molecule has 0 aliphatic heterocycles. The topological polar surface area (TPSA) is 29.5 Å². The molecule has 0 amide bonds. The zero-order chi connectivity index (χ0) is 10.5. The molecule has 15 heavy (non-hydrogen) atoms. The van der Waals surface area contributed by atoms with E-state index in [-0.39, 0.29) is 33.0 Å². The summed E-state index contributed by atoms with van der Waals surface area (Å²) >= 11 is 6.38. The van der Waals surface area contributed by atoms with Gasteiger partial charge in [-0.15, -0.1) is 0 Å². The van der Waals surface area contributed by atoms with Gasteiger partial charge < -0.3 is 22.9 Å². The quantitative estimate of drug-likeness (QED) is 0.594. The third-order valence-electron chi connectivity index (χ3n) is 1.14. The predicted octanol–water partition coefficient (Wildman–Crippen LogP) is 3.26. The van der Waals surface area contributed by atoms with Crippen LogP contribution in [0, 0.1) is 11.8 Å². The zero-order valence-electron chi connectivity index (χ0n) is 9.80. The SMILES string of the molecule is CC(C)COP(O)(=S)SCC(C)C.[S-2].[Zn+2]. The molecule has 0 aromatic rings. The first kappa shape index (κ1) is 22.1. The van der Waals surface area contributed by atoms with E-state index in [0.717, 1.165) is 5.75 Å². The van der Waals surface area contributed by atoms with Gasteiger partial charge in [-0.1, -0.05) is 39.1 Å². The summed E-state index contributed by atoms with van der Waals surface area (Å²) in [7, 11) is 0. The van der Waals surface area contributed by atoms with Crippen molar-refractivity contribution in [3.8, 4) is 0 Å². The molecule has 0 aromatic carbocycles. The minimum absolute atomic E-state index is 0. The molecule has 1 atom stereocenters. The zero-order valence-corrected chi connectivity index (χ0v) is 16.1. The Morgan fingerprint density at radius 1 is 1.27 bits per heavy atom. The first-order valence-electron chi connectivity index (χ1n) is 4.45. The monoisotopic (exact) mass is 338 g/mol. The molecule has 1 N–H and O–H groups in total. The van der Waals surface area contributed by atoms with E-state index in [4.69, 9.17) is 16.3 Å². The number of hydrogen-bond donors (Lipinski definition) is 1. The third kappa shape index (κ3) is 15.9. The maximum absolute atomic E-state index is 9.68. The van der Waals surface area contributed by atoms with Crippen molar-refractivity contribution in [1.82, 2.24) is 0 Å². The minimum atomic E-state index is -2.55. The molecule has 0 rings (SSSR count). The van der Waals surface area contributed by atoms with Crippen LogP contribution in [0.2, 0.25) is 0 Å². The molecule has 0 saturated carbocycles. The fourth-order valence-corrected chi connectivity index (χ4v) is 4.17. The van der Waals surface area contributed by atoms with Crippen molar-refractivity contribution in [2.75, 3.05) is 12.4 Å². The third-order valence-corrected chi connectivity index (χ3v) is 5.77. The Bertz CT molecular complexity index is 175. The largest absolute Gasteiger partial charge is 2.00 e. The van der Waals surface area contributed by atoms with Crippen LogP contribution in [-0.4, -0.2) is 17.3 Å². The molecular weight excluding hydrogens is 321 g/mol. The average molecular weight is 340 g/mol.